The third-order valence-electron chi connectivity index (χ3n) is 7.27. The maximum absolute atomic E-state index is 13.4. The number of thiophene rings is 1. The first kappa shape index (κ1) is 24.7. The van der Waals surface area contributed by atoms with Crippen molar-refractivity contribution < 1.29 is 23.9 Å². The van der Waals surface area contributed by atoms with Gasteiger partial charge in [-0.25, -0.2) is 0 Å². The number of ether oxygens (including phenoxy) is 2. The van der Waals surface area contributed by atoms with E-state index in [9.17, 15) is 14.4 Å². The Kier molecular flexibility index (Phi) is 7.27. The molecule has 2 fully saturated rings. The van der Waals surface area contributed by atoms with Gasteiger partial charge in [-0.1, -0.05) is 6.07 Å². The number of anilines is 1. The van der Waals surface area contributed by atoms with E-state index in [-0.39, 0.29) is 42.6 Å². The lowest BCUT2D eigenvalue weighted by atomic mass is 9.94. The number of nitrogens with zero attached hydrogens (tertiary/aromatic N) is 3. The summed E-state index contributed by atoms with van der Waals surface area (Å²) >= 11 is 1.36. The van der Waals surface area contributed by atoms with Gasteiger partial charge < -0.3 is 29.5 Å². The van der Waals surface area contributed by atoms with Crippen LogP contribution >= 0.6 is 11.3 Å². The Balaban J connectivity index is 1.25. The van der Waals surface area contributed by atoms with Crippen LogP contribution in [0.25, 0.3) is 0 Å². The van der Waals surface area contributed by atoms with Crippen LogP contribution in [-0.2, 0) is 9.53 Å². The van der Waals surface area contributed by atoms with Crippen molar-refractivity contribution in [3.63, 3.8) is 0 Å². The lowest BCUT2D eigenvalue weighted by molar-refractivity contribution is -0.144. The summed E-state index contributed by atoms with van der Waals surface area (Å²) in [7, 11) is 3.85. The second-order valence-corrected chi connectivity index (χ2v) is 10.6. The molecule has 4 heterocycles. The largest absolute Gasteiger partial charge is 0.490 e. The minimum absolute atomic E-state index is 0.130. The number of piperazine rings is 1. The van der Waals surface area contributed by atoms with Crippen LogP contribution in [0.2, 0.25) is 0 Å². The molecule has 3 amide bonds. The highest BCUT2D eigenvalue weighted by Gasteiger charge is 2.39. The normalized spacial score (nSPS) is 24.7. The zero-order chi connectivity index (χ0) is 25.2. The minimum atomic E-state index is -0.315. The SMILES string of the molecule is CN1CCN(C(=O)C[C@H]2CC[C@@H]3[C@H](COc4ccc(NC(=O)c5cccs5)cc4C(=O)N3C)O2)CC1. The van der Waals surface area contributed by atoms with E-state index in [4.69, 9.17) is 9.47 Å². The van der Waals surface area contributed by atoms with E-state index in [0.29, 0.717) is 34.7 Å². The van der Waals surface area contributed by atoms with Crippen LogP contribution < -0.4 is 10.1 Å². The van der Waals surface area contributed by atoms with E-state index in [0.717, 1.165) is 32.6 Å². The average molecular weight is 513 g/mol. The molecule has 1 N–H and O–H groups in total. The van der Waals surface area contributed by atoms with Crippen molar-refractivity contribution in [2.75, 3.05) is 52.2 Å². The minimum Gasteiger partial charge on any atom is -0.490 e. The predicted molar refractivity (Wildman–Crippen MR) is 137 cm³/mol. The number of amides is 3. The van der Waals surface area contributed by atoms with Gasteiger partial charge in [0.25, 0.3) is 11.8 Å². The summed E-state index contributed by atoms with van der Waals surface area (Å²) in [6.45, 7) is 3.57. The highest BCUT2D eigenvalue weighted by atomic mass is 32.1. The molecule has 0 unspecified atom stereocenters. The van der Waals surface area contributed by atoms with Gasteiger partial charge in [0.15, 0.2) is 0 Å². The van der Waals surface area contributed by atoms with Gasteiger partial charge in [0.2, 0.25) is 5.91 Å². The van der Waals surface area contributed by atoms with Gasteiger partial charge in [0.05, 0.1) is 29.0 Å². The monoisotopic (exact) mass is 512 g/mol. The molecular weight excluding hydrogens is 480 g/mol. The first-order valence-corrected chi connectivity index (χ1v) is 13.3. The van der Waals surface area contributed by atoms with E-state index >= 15 is 0 Å². The lowest BCUT2D eigenvalue weighted by Gasteiger charge is -2.42. The van der Waals surface area contributed by atoms with Gasteiger partial charge in [-0.2, -0.15) is 0 Å². The Bertz CT molecular complexity index is 1120. The summed E-state index contributed by atoms with van der Waals surface area (Å²) in [5, 5.41) is 4.70. The predicted octanol–water partition coefficient (Wildman–Crippen LogP) is 2.55. The molecule has 36 heavy (non-hydrogen) atoms. The number of rotatable bonds is 4. The quantitative estimate of drug-likeness (QED) is 0.677. The van der Waals surface area contributed by atoms with Crippen molar-refractivity contribution in [1.29, 1.82) is 0 Å². The number of carbonyl (C=O) groups is 3. The zero-order valence-electron chi connectivity index (χ0n) is 20.6. The smallest absolute Gasteiger partial charge is 0.265 e. The van der Waals surface area contributed by atoms with E-state index in [1.165, 1.54) is 11.3 Å². The van der Waals surface area contributed by atoms with E-state index < -0.39 is 0 Å². The van der Waals surface area contributed by atoms with E-state index in [1.807, 2.05) is 16.3 Å². The first-order chi connectivity index (χ1) is 17.4. The number of fused-ring (bicyclic) bond motifs is 2. The summed E-state index contributed by atoms with van der Waals surface area (Å²) < 4.78 is 12.4. The van der Waals surface area contributed by atoms with Crippen LogP contribution in [0.1, 0.15) is 39.3 Å². The molecule has 0 saturated carbocycles. The molecule has 9 nitrogen and oxygen atoms in total. The molecule has 0 aliphatic carbocycles. The molecule has 0 spiro atoms. The number of hydrogen-bond acceptors (Lipinski definition) is 7. The summed E-state index contributed by atoms with van der Waals surface area (Å²) in [4.78, 5) is 45.2. The standard InChI is InChI=1S/C26H32N4O5S/c1-28-9-11-30(12-10-28)24(31)15-18-6-7-20-22(35-18)16-34-21-8-5-17(14-19(21)26(33)29(20)2)27-25(32)23-4-3-13-36-23/h3-5,8,13-14,18,20,22H,6-7,9-12,15-16H2,1-2H3,(H,27,32)/t18-,20-,22+/m1/s1. The maximum atomic E-state index is 13.4. The zero-order valence-corrected chi connectivity index (χ0v) is 21.5. The molecule has 1 aromatic carbocycles. The number of nitrogens with one attached hydrogen (secondary N) is 1. The van der Waals surface area contributed by atoms with Gasteiger partial charge in [0.1, 0.15) is 18.5 Å². The van der Waals surface area contributed by atoms with Crippen molar-refractivity contribution in [3.8, 4) is 5.75 Å². The first-order valence-electron chi connectivity index (χ1n) is 12.4. The summed E-state index contributed by atoms with van der Waals surface area (Å²) in [6.07, 6.45) is 1.31. The van der Waals surface area contributed by atoms with E-state index in [2.05, 4.69) is 17.3 Å². The van der Waals surface area contributed by atoms with Crippen LogP contribution in [0.5, 0.6) is 5.75 Å². The summed E-state index contributed by atoms with van der Waals surface area (Å²) in [5.41, 5.74) is 0.948. The van der Waals surface area contributed by atoms with Crippen molar-refractivity contribution in [2.24, 2.45) is 0 Å². The molecule has 3 aliphatic rings. The van der Waals surface area contributed by atoms with Crippen molar-refractivity contribution in [2.45, 2.75) is 37.5 Å². The molecular formula is C26H32N4O5S. The molecule has 2 aromatic rings. The fourth-order valence-electron chi connectivity index (χ4n) is 5.09. The third-order valence-corrected chi connectivity index (χ3v) is 8.14. The van der Waals surface area contributed by atoms with Gasteiger partial charge in [-0.15, -0.1) is 11.3 Å². The highest BCUT2D eigenvalue weighted by molar-refractivity contribution is 7.12. The Labute approximate surface area is 214 Å². The van der Waals surface area contributed by atoms with Gasteiger partial charge in [-0.05, 0) is 49.5 Å². The topological polar surface area (TPSA) is 91.4 Å². The Morgan fingerprint density at radius 1 is 1.11 bits per heavy atom. The van der Waals surface area contributed by atoms with Crippen molar-refractivity contribution in [3.05, 3.63) is 46.2 Å². The third kappa shape index (κ3) is 5.25. The Hall–Kier alpha value is -2.95. The molecule has 3 aliphatic heterocycles. The van der Waals surface area contributed by atoms with Crippen LogP contribution in [0, 0.1) is 0 Å². The number of carbonyl (C=O) groups excluding carboxylic acids is 3. The molecule has 1 aromatic heterocycles. The van der Waals surface area contributed by atoms with Crippen LogP contribution in [0.3, 0.4) is 0 Å². The second-order valence-electron chi connectivity index (χ2n) is 9.70. The molecule has 0 bridgehead atoms. The Morgan fingerprint density at radius 2 is 1.92 bits per heavy atom. The molecule has 10 heteroatoms. The van der Waals surface area contributed by atoms with Crippen LogP contribution in [-0.4, -0.2) is 97.6 Å². The van der Waals surface area contributed by atoms with Crippen LogP contribution in [0.4, 0.5) is 5.69 Å². The van der Waals surface area contributed by atoms with Gasteiger partial charge >= 0.3 is 0 Å². The second kappa shape index (κ2) is 10.6. The van der Waals surface area contributed by atoms with E-state index in [1.54, 1.807) is 36.2 Å². The van der Waals surface area contributed by atoms with Crippen molar-refractivity contribution in [1.82, 2.24) is 14.7 Å². The molecule has 5 rings (SSSR count). The van der Waals surface area contributed by atoms with Crippen LogP contribution in [0.15, 0.2) is 35.7 Å². The maximum Gasteiger partial charge on any atom is 0.265 e. The molecule has 0 radical (unpaired) electrons. The fraction of sp³-hybridized carbons (Fsp3) is 0.500. The fourth-order valence-corrected chi connectivity index (χ4v) is 5.70. The molecule has 2 saturated heterocycles. The highest BCUT2D eigenvalue weighted by Crippen LogP contribution is 2.33. The average Bonchev–Trinajstić information content (AvgIpc) is 3.42. The van der Waals surface area contributed by atoms with Gasteiger partial charge in [0, 0.05) is 38.9 Å². The Morgan fingerprint density at radius 3 is 2.67 bits per heavy atom. The summed E-state index contributed by atoms with van der Waals surface area (Å²) in [6, 6.07) is 8.54. The van der Waals surface area contributed by atoms with Gasteiger partial charge in [-0.3, -0.25) is 14.4 Å². The lowest BCUT2D eigenvalue weighted by Crippen LogP contribution is -2.54. The number of benzene rings is 1. The summed E-state index contributed by atoms with van der Waals surface area (Å²) in [5.74, 6) is 0.196. The molecule has 192 valence electrons. The number of hydrogen-bond donors (Lipinski definition) is 1. The van der Waals surface area contributed by atoms with Crippen molar-refractivity contribution >= 4 is 34.7 Å². The molecule has 3 atom stereocenters. The number of likely N-dealkylation sites (N-methyl/N-ethyl adjacent to an activating group) is 2.